The number of fused-ring (bicyclic) bond motifs is 3. The van der Waals surface area contributed by atoms with Gasteiger partial charge in [-0.25, -0.2) is 4.79 Å². The van der Waals surface area contributed by atoms with Crippen LogP contribution in [0.3, 0.4) is 0 Å². The van der Waals surface area contributed by atoms with Crippen LogP contribution in [0.25, 0.3) is 0 Å². The van der Waals surface area contributed by atoms with Crippen molar-refractivity contribution in [1.82, 2.24) is 0 Å². The molecule has 0 saturated heterocycles. The van der Waals surface area contributed by atoms with Gasteiger partial charge in [-0.15, -0.1) is 11.6 Å². The van der Waals surface area contributed by atoms with Crippen molar-refractivity contribution in [3.05, 3.63) is 65.2 Å². The van der Waals surface area contributed by atoms with E-state index in [0.29, 0.717) is 16.9 Å². The minimum absolute atomic E-state index is 0.394. The number of halogens is 1. The van der Waals surface area contributed by atoms with Crippen molar-refractivity contribution < 1.29 is 14.3 Å². The molecule has 0 N–H and O–H groups in total. The third-order valence-corrected chi connectivity index (χ3v) is 4.08. The summed E-state index contributed by atoms with van der Waals surface area (Å²) < 4.78 is 11.4. The number of carbonyl (C=O) groups excluding carboxylic acids is 1. The lowest BCUT2D eigenvalue weighted by Crippen LogP contribution is -2.33. The Balaban J connectivity index is 1.94. The van der Waals surface area contributed by atoms with E-state index in [-0.39, 0.29) is 0 Å². The predicted octanol–water partition coefficient (Wildman–Crippen LogP) is 3.38. The maximum atomic E-state index is 12.0. The number of esters is 1. The largest absolute Gasteiger partial charge is 0.446 e. The van der Waals surface area contributed by atoms with Crippen molar-refractivity contribution in [3.8, 4) is 5.75 Å². The molecule has 19 heavy (non-hydrogen) atoms. The number of rotatable bonds is 0. The van der Waals surface area contributed by atoms with E-state index < -0.39 is 17.1 Å². The average Bonchev–Trinajstić information content (AvgIpc) is 2.88. The van der Waals surface area contributed by atoms with Gasteiger partial charge >= 0.3 is 11.8 Å². The van der Waals surface area contributed by atoms with Crippen LogP contribution in [0, 0.1) is 0 Å². The van der Waals surface area contributed by atoms with Crippen LogP contribution in [0.2, 0.25) is 0 Å². The highest BCUT2D eigenvalue weighted by molar-refractivity contribution is 6.22. The molecule has 2 aliphatic heterocycles. The Hall–Kier alpha value is -2.00. The van der Waals surface area contributed by atoms with E-state index in [9.17, 15) is 4.79 Å². The van der Waals surface area contributed by atoms with E-state index >= 15 is 0 Å². The number of benzene rings is 2. The summed E-state index contributed by atoms with van der Waals surface area (Å²) in [5.74, 6) is -0.958. The predicted molar refractivity (Wildman–Crippen MR) is 69.2 cm³/mol. The molecule has 94 valence electrons. The Morgan fingerprint density at radius 2 is 1.74 bits per heavy atom. The SMILES string of the molecule is O=C1OC2(Oc3ccccc3C2Cl)c2ccccc21. The molecule has 2 aliphatic rings. The molecule has 0 amide bonds. The van der Waals surface area contributed by atoms with E-state index in [4.69, 9.17) is 21.1 Å². The van der Waals surface area contributed by atoms with E-state index in [0.717, 1.165) is 5.56 Å². The summed E-state index contributed by atoms with van der Waals surface area (Å²) in [4.78, 5) is 12.0. The second-order valence-corrected chi connectivity index (χ2v) is 5.04. The fraction of sp³-hybridized carbons (Fsp3) is 0.133. The minimum Gasteiger partial charge on any atom is -0.446 e. The first-order chi connectivity index (χ1) is 9.22. The van der Waals surface area contributed by atoms with E-state index in [1.54, 1.807) is 12.1 Å². The number of hydrogen-bond acceptors (Lipinski definition) is 3. The van der Waals surface area contributed by atoms with E-state index in [1.807, 2.05) is 36.4 Å². The van der Waals surface area contributed by atoms with Gasteiger partial charge in [-0.1, -0.05) is 36.4 Å². The summed E-state index contributed by atoms with van der Waals surface area (Å²) in [6, 6.07) is 14.7. The van der Waals surface area contributed by atoms with Crippen LogP contribution in [0.15, 0.2) is 48.5 Å². The van der Waals surface area contributed by atoms with Gasteiger partial charge in [0, 0.05) is 5.56 Å². The van der Waals surface area contributed by atoms with Crippen molar-refractivity contribution in [1.29, 1.82) is 0 Å². The van der Waals surface area contributed by atoms with Crippen LogP contribution >= 0.6 is 11.6 Å². The number of carbonyl (C=O) groups is 1. The highest BCUT2D eigenvalue weighted by Gasteiger charge is 2.58. The zero-order valence-electron chi connectivity index (χ0n) is 9.80. The highest BCUT2D eigenvalue weighted by Crippen LogP contribution is 2.56. The summed E-state index contributed by atoms with van der Waals surface area (Å²) in [6.07, 6.45) is 0. The number of alkyl halides is 1. The van der Waals surface area contributed by atoms with Crippen molar-refractivity contribution in [2.75, 3.05) is 0 Å². The van der Waals surface area contributed by atoms with Crippen molar-refractivity contribution in [2.24, 2.45) is 0 Å². The molecule has 3 nitrogen and oxygen atoms in total. The first kappa shape index (κ1) is 10.9. The summed E-state index contributed by atoms with van der Waals surface area (Å²) in [6.45, 7) is 0. The topological polar surface area (TPSA) is 35.5 Å². The molecule has 0 fully saturated rings. The van der Waals surface area contributed by atoms with Crippen LogP contribution in [0.1, 0.15) is 26.9 Å². The maximum Gasteiger partial charge on any atom is 0.342 e. The number of hydrogen-bond donors (Lipinski definition) is 0. The molecule has 2 unspecified atom stereocenters. The van der Waals surface area contributed by atoms with Crippen molar-refractivity contribution >= 4 is 17.6 Å². The molecule has 0 aliphatic carbocycles. The maximum absolute atomic E-state index is 12.0. The lowest BCUT2D eigenvalue weighted by Gasteiger charge is -2.25. The number of para-hydroxylation sites is 1. The molecule has 4 rings (SSSR count). The van der Waals surface area contributed by atoms with Crippen LogP contribution in [-0.2, 0) is 10.5 Å². The smallest absolute Gasteiger partial charge is 0.342 e. The van der Waals surface area contributed by atoms with Crippen LogP contribution in [0.4, 0.5) is 0 Å². The van der Waals surface area contributed by atoms with Gasteiger partial charge in [0.25, 0.3) is 0 Å². The molecule has 1 spiro atoms. The van der Waals surface area contributed by atoms with Crippen molar-refractivity contribution in [2.45, 2.75) is 11.2 Å². The monoisotopic (exact) mass is 272 g/mol. The van der Waals surface area contributed by atoms with Gasteiger partial charge in [0.2, 0.25) is 0 Å². The quantitative estimate of drug-likeness (QED) is 0.545. The molecule has 0 aromatic heterocycles. The zero-order chi connectivity index (χ0) is 13.0. The first-order valence-corrected chi connectivity index (χ1v) is 6.41. The van der Waals surface area contributed by atoms with Gasteiger partial charge in [-0.2, -0.15) is 0 Å². The molecule has 0 bridgehead atoms. The molecule has 2 aromatic carbocycles. The van der Waals surface area contributed by atoms with Crippen molar-refractivity contribution in [3.63, 3.8) is 0 Å². The highest BCUT2D eigenvalue weighted by atomic mass is 35.5. The second kappa shape index (κ2) is 3.52. The van der Waals surface area contributed by atoms with E-state index in [2.05, 4.69) is 0 Å². The van der Waals surface area contributed by atoms with Gasteiger partial charge in [-0.3, -0.25) is 0 Å². The third-order valence-electron chi connectivity index (χ3n) is 3.55. The molecule has 2 atom stereocenters. The Bertz CT molecular complexity index is 697. The molecule has 4 heteroatoms. The first-order valence-electron chi connectivity index (χ1n) is 5.97. The number of ether oxygens (including phenoxy) is 2. The normalized spacial score (nSPS) is 26.8. The average molecular weight is 273 g/mol. The Labute approximate surface area is 114 Å². The molecular formula is C15H9ClO3. The van der Waals surface area contributed by atoms with Gasteiger partial charge < -0.3 is 9.47 Å². The third kappa shape index (κ3) is 1.25. The molecule has 0 radical (unpaired) electrons. The Morgan fingerprint density at radius 3 is 2.58 bits per heavy atom. The van der Waals surface area contributed by atoms with Crippen LogP contribution < -0.4 is 4.74 Å². The Morgan fingerprint density at radius 1 is 1.00 bits per heavy atom. The fourth-order valence-corrected chi connectivity index (χ4v) is 3.07. The molecular weight excluding hydrogens is 264 g/mol. The van der Waals surface area contributed by atoms with Crippen LogP contribution in [0.5, 0.6) is 5.75 Å². The zero-order valence-corrected chi connectivity index (χ0v) is 10.6. The summed E-state index contributed by atoms with van der Waals surface area (Å²) in [5.41, 5.74) is 2.05. The lowest BCUT2D eigenvalue weighted by molar-refractivity contribution is -0.129. The van der Waals surface area contributed by atoms with Gasteiger partial charge in [0.1, 0.15) is 11.1 Å². The molecule has 2 heterocycles. The standard InChI is InChI=1S/C15H9ClO3/c16-13-10-6-2-4-8-12(10)18-15(13)11-7-3-1-5-9(11)14(17)19-15/h1-8,13H. The lowest BCUT2D eigenvalue weighted by atomic mass is 9.97. The minimum atomic E-state index is -1.22. The fourth-order valence-electron chi connectivity index (χ4n) is 2.68. The van der Waals surface area contributed by atoms with Gasteiger partial charge in [0.05, 0.1) is 11.1 Å². The van der Waals surface area contributed by atoms with E-state index in [1.165, 1.54) is 0 Å². The van der Waals surface area contributed by atoms with Gasteiger partial charge in [-0.05, 0) is 12.1 Å². The summed E-state index contributed by atoms with van der Waals surface area (Å²) >= 11 is 6.50. The summed E-state index contributed by atoms with van der Waals surface area (Å²) in [5, 5.41) is -0.545. The van der Waals surface area contributed by atoms with Crippen LogP contribution in [-0.4, -0.2) is 5.97 Å². The summed E-state index contributed by atoms with van der Waals surface area (Å²) in [7, 11) is 0. The Kier molecular flexibility index (Phi) is 2.01. The molecule has 2 aromatic rings. The molecule has 0 saturated carbocycles. The van der Waals surface area contributed by atoms with Gasteiger partial charge in [0.15, 0.2) is 0 Å². The second-order valence-electron chi connectivity index (χ2n) is 4.61.